The lowest BCUT2D eigenvalue weighted by atomic mass is 10.2. The van der Waals surface area contributed by atoms with Crippen LogP contribution in [0.2, 0.25) is 0 Å². The van der Waals surface area contributed by atoms with E-state index >= 15 is 0 Å². The molecule has 22 heavy (non-hydrogen) atoms. The minimum absolute atomic E-state index is 0.0774. The van der Waals surface area contributed by atoms with Crippen LogP contribution in [0.5, 0.6) is 5.75 Å². The number of nitrogens with zero attached hydrogens (tertiary/aromatic N) is 1. The molecule has 1 aliphatic heterocycles. The number of hydrogen-bond acceptors (Lipinski definition) is 4. The molecule has 0 radical (unpaired) electrons. The van der Waals surface area contributed by atoms with Crippen LogP contribution in [0.4, 0.5) is 8.78 Å². The van der Waals surface area contributed by atoms with E-state index in [1.165, 1.54) is 6.92 Å². The maximum Gasteiger partial charge on any atom is 0.288 e. The van der Waals surface area contributed by atoms with E-state index in [1.54, 1.807) is 24.3 Å². The second kappa shape index (κ2) is 7.02. The Balaban J connectivity index is 2.01. The number of ether oxygens (including phenoxy) is 2. The Morgan fingerprint density at radius 2 is 2.32 bits per heavy atom. The highest BCUT2D eigenvalue weighted by Gasteiger charge is 2.37. The molecule has 1 N–H and O–H groups in total. The molecule has 0 aliphatic carbocycles. The molecule has 1 amide bonds. The minimum atomic E-state index is -3.05. The Kier molecular flexibility index (Phi) is 5.31. The third-order valence-corrected chi connectivity index (χ3v) is 3.29. The Hall–Kier alpha value is -1.73. The number of aliphatic hydroxyl groups is 1. The molecule has 7 heteroatoms. The van der Waals surface area contributed by atoms with Crippen molar-refractivity contribution in [2.45, 2.75) is 25.6 Å². The van der Waals surface area contributed by atoms with Gasteiger partial charge in [-0.1, -0.05) is 12.1 Å². The highest BCUT2D eigenvalue weighted by atomic mass is 19.3. The van der Waals surface area contributed by atoms with Gasteiger partial charge in [0.05, 0.1) is 19.8 Å². The molecule has 2 rings (SSSR count). The summed E-state index contributed by atoms with van der Waals surface area (Å²) < 4.78 is 37.3. The summed E-state index contributed by atoms with van der Waals surface area (Å²) in [5.41, 5.74) is 0.645. The average molecular weight is 315 g/mol. The summed E-state index contributed by atoms with van der Waals surface area (Å²) in [5, 5.41) is 9.07. The average Bonchev–Trinajstić information content (AvgIpc) is 2.67. The topological polar surface area (TPSA) is 59.0 Å². The number of benzene rings is 1. The third kappa shape index (κ3) is 4.38. The molecule has 122 valence electrons. The largest absolute Gasteiger partial charge is 0.481 e. The first-order chi connectivity index (χ1) is 10.4. The van der Waals surface area contributed by atoms with E-state index in [2.05, 4.69) is 0 Å². The zero-order valence-electron chi connectivity index (χ0n) is 12.3. The van der Waals surface area contributed by atoms with E-state index in [1.807, 2.05) is 0 Å². The van der Waals surface area contributed by atoms with Gasteiger partial charge in [0.2, 0.25) is 0 Å². The quantitative estimate of drug-likeness (QED) is 0.913. The van der Waals surface area contributed by atoms with Crippen molar-refractivity contribution < 1.29 is 28.2 Å². The Morgan fingerprint density at radius 1 is 1.55 bits per heavy atom. The number of rotatable bonds is 4. The van der Waals surface area contributed by atoms with E-state index in [4.69, 9.17) is 14.6 Å². The van der Waals surface area contributed by atoms with Crippen LogP contribution in [0.3, 0.4) is 0 Å². The van der Waals surface area contributed by atoms with Gasteiger partial charge in [0.15, 0.2) is 6.10 Å². The number of amides is 1. The standard InChI is InChI=1S/C15H19F2NO4/c1-11(22-13-4-2-3-12(7-13)8-19)14(20)18-5-6-21-10-15(16,17)9-18/h2-4,7,11,19H,5-6,8-10H2,1H3. The number of hydrogen-bond donors (Lipinski definition) is 1. The van der Waals surface area contributed by atoms with Gasteiger partial charge >= 0.3 is 0 Å². The van der Waals surface area contributed by atoms with Crippen LogP contribution in [-0.2, 0) is 16.1 Å². The first-order valence-corrected chi connectivity index (χ1v) is 7.02. The second-order valence-electron chi connectivity index (χ2n) is 5.23. The molecule has 1 heterocycles. The Labute approximate surface area is 127 Å². The molecule has 1 unspecified atom stereocenters. The molecule has 1 aliphatic rings. The van der Waals surface area contributed by atoms with Gasteiger partial charge in [0.1, 0.15) is 12.4 Å². The van der Waals surface area contributed by atoms with E-state index in [9.17, 15) is 13.6 Å². The van der Waals surface area contributed by atoms with Gasteiger partial charge in [0.25, 0.3) is 11.8 Å². The molecule has 1 aromatic carbocycles. The number of halogens is 2. The molecule has 0 spiro atoms. The zero-order chi connectivity index (χ0) is 16.2. The summed E-state index contributed by atoms with van der Waals surface area (Å²) in [6.45, 7) is 0.209. The van der Waals surface area contributed by atoms with Crippen molar-refractivity contribution in [1.82, 2.24) is 4.90 Å². The molecule has 0 aromatic heterocycles. The highest BCUT2D eigenvalue weighted by molar-refractivity contribution is 5.81. The lowest BCUT2D eigenvalue weighted by Crippen LogP contribution is -2.46. The zero-order valence-corrected chi connectivity index (χ0v) is 12.3. The molecule has 5 nitrogen and oxygen atoms in total. The Bertz CT molecular complexity index is 524. The van der Waals surface area contributed by atoms with Crippen LogP contribution in [0, 0.1) is 0 Å². The summed E-state index contributed by atoms with van der Waals surface area (Å²) >= 11 is 0. The van der Waals surface area contributed by atoms with Crippen LogP contribution in [0.25, 0.3) is 0 Å². The van der Waals surface area contributed by atoms with Crippen molar-refractivity contribution in [3.63, 3.8) is 0 Å². The lowest BCUT2D eigenvalue weighted by Gasteiger charge is -2.26. The van der Waals surface area contributed by atoms with Gasteiger partial charge in [-0.15, -0.1) is 0 Å². The van der Waals surface area contributed by atoms with Crippen molar-refractivity contribution in [3.05, 3.63) is 29.8 Å². The monoisotopic (exact) mass is 315 g/mol. The van der Waals surface area contributed by atoms with Crippen LogP contribution in [0.1, 0.15) is 12.5 Å². The van der Waals surface area contributed by atoms with E-state index in [0.29, 0.717) is 11.3 Å². The fourth-order valence-electron chi connectivity index (χ4n) is 2.22. The maximum atomic E-state index is 13.5. The minimum Gasteiger partial charge on any atom is -0.481 e. The van der Waals surface area contributed by atoms with Gasteiger partial charge in [-0.2, -0.15) is 0 Å². The molecule has 0 saturated carbocycles. The van der Waals surface area contributed by atoms with Crippen LogP contribution in [-0.4, -0.2) is 54.2 Å². The molecule has 0 bridgehead atoms. The first kappa shape index (κ1) is 16.6. The molecule has 1 fully saturated rings. The van der Waals surface area contributed by atoms with Crippen LogP contribution < -0.4 is 4.74 Å². The number of aliphatic hydroxyl groups excluding tert-OH is 1. The summed E-state index contributed by atoms with van der Waals surface area (Å²) in [7, 11) is 0. The van der Waals surface area contributed by atoms with Crippen molar-refractivity contribution in [2.75, 3.05) is 26.3 Å². The van der Waals surface area contributed by atoms with Crippen molar-refractivity contribution in [1.29, 1.82) is 0 Å². The van der Waals surface area contributed by atoms with E-state index in [-0.39, 0.29) is 19.8 Å². The molecule has 1 aromatic rings. The second-order valence-corrected chi connectivity index (χ2v) is 5.23. The van der Waals surface area contributed by atoms with Gasteiger partial charge in [-0.3, -0.25) is 4.79 Å². The first-order valence-electron chi connectivity index (χ1n) is 7.02. The van der Waals surface area contributed by atoms with Crippen molar-refractivity contribution >= 4 is 5.91 Å². The number of carbonyl (C=O) groups is 1. The summed E-state index contributed by atoms with van der Waals surface area (Å²) in [4.78, 5) is 13.3. The summed E-state index contributed by atoms with van der Waals surface area (Å²) in [5.74, 6) is -3.16. The summed E-state index contributed by atoms with van der Waals surface area (Å²) in [6, 6.07) is 6.64. The van der Waals surface area contributed by atoms with Crippen LogP contribution >= 0.6 is 0 Å². The molecular formula is C15H19F2NO4. The predicted molar refractivity (Wildman–Crippen MR) is 74.8 cm³/mol. The van der Waals surface area contributed by atoms with E-state index in [0.717, 1.165) is 4.90 Å². The molecular weight excluding hydrogens is 296 g/mol. The van der Waals surface area contributed by atoms with Gasteiger partial charge in [-0.05, 0) is 24.6 Å². The fraction of sp³-hybridized carbons (Fsp3) is 0.533. The van der Waals surface area contributed by atoms with Crippen LogP contribution in [0.15, 0.2) is 24.3 Å². The summed E-state index contributed by atoms with van der Waals surface area (Å²) in [6.07, 6.45) is -0.900. The predicted octanol–water partition coefficient (Wildman–Crippen LogP) is 1.44. The molecule has 1 saturated heterocycles. The maximum absolute atomic E-state index is 13.5. The van der Waals surface area contributed by atoms with E-state index < -0.39 is 31.1 Å². The Morgan fingerprint density at radius 3 is 3.05 bits per heavy atom. The van der Waals surface area contributed by atoms with Gasteiger partial charge < -0.3 is 19.5 Å². The van der Waals surface area contributed by atoms with Gasteiger partial charge in [-0.25, -0.2) is 8.78 Å². The number of alkyl halides is 2. The normalized spacial score (nSPS) is 19.4. The molecule has 1 atom stereocenters. The smallest absolute Gasteiger partial charge is 0.288 e. The van der Waals surface area contributed by atoms with Crippen molar-refractivity contribution in [2.24, 2.45) is 0 Å². The lowest BCUT2D eigenvalue weighted by molar-refractivity contribution is -0.142. The fourth-order valence-corrected chi connectivity index (χ4v) is 2.22. The highest BCUT2D eigenvalue weighted by Crippen LogP contribution is 2.20. The third-order valence-electron chi connectivity index (χ3n) is 3.29. The van der Waals surface area contributed by atoms with Crippen molar-refractivity contribution in [3.8, 4) is 5.75 Å². The van der Waals surface area contributed by atoms with Gasteiger partial charge in [0, 0.05) is 6.54 Å². The SMILES string of the molecule is CC(Oc1cccc(CO)c1)C(=O)N1CCOCC(F)(F)C1. The number of carbonyl (C=O) groups excluding carboxylic acids is 1.